The molecule has 18 heavy (non-hydrogen) atoms. The van der Waals surface area contributed by atoms with Crippen LogP contribution in [0.25, 0.3) is 0 Å². The normalized spacial score (nSPS) is 10.1. The van der Waals surface area contributed by atoms with Gasteiger partial charge in [-0.05, 0) is 42.8 Å². The Labute approximate surface area is 106 Å². The first-order valence-electron chi connectivity index (χ1n) is 5.80. The first-order chi connectivity index (χ1) is 8.79. The Kier molecular flexibility index (Phi) is 4.04. The Balaban J connectivity index is 2.03. The van der Waals surface area contributed by atoms with Gasteiger partial charge in [0.05, 0.1) is 0 Å². The van der Waals surface area contributed by atoms with Crippen LogP contribution in [0, 0.1) is 0 Å². The molecule has 2 rings (SSSR count). The number of carbonyl (C=O) groups excluding carboxylic acids is 1. The number of anilines is 1. The molecule has 4 nitrogen and oxygen atoms in total. The highest BCUT2D eigenvalue weighted by Crippen LogP contribution is 2.11. The maximum atomic E-state index is 11.9. The molecule has 0 aliphatic rings. The zero-order valence-corrected chi connectivity index (χ0v) is 9.97. The lowest BCUT2D eigenvalue weighted by atomic mass is 10.1. The molecule has 1 aromatic carbocycles. The van der Waals surface area contributed by atoms with Crippen molar-refractivity contribution >= 4 is 11.6 Å². The number of benzene rings is 1. The quantitative estimate of drug-likeness (QED) is 0.858. The van der Waals surface area contributed by atoms with Gasteiger partial charge in [-0.2, -0.15) is 0 Å². The van der Waals surface area contributed by atoms with Gasteiger partial charge in [-0.25, -0.2) is 0 Å². The third-order valence-corrected chi connectivity index (χ3v) is 2.59. The molecule has 2 aromatic rings. The van der Waals surface area contributed by atoms with Crippen LogP contribution in [0.5, 0.6) is 0 Å². The van der Waals surface area contributed by atoms with Gasteiger partial charge in [0.1, 0.15) is 0 Å². The van der Waals surface area contributed by atoms with Crippen LogP contribution >= 0.6 is 0 Å². The zero-order valence-electron chi connectivity index (χ0n) is 9.97. The standard InChI is InChI=1S/C14H15N3O/c15-8-5-11-1-3-13(4-2-11)17-14(18)12-6-9-16-10-7-12/h1-4,6-7,9-10H,5,8,15H2,(H,17,18). The molecule has 1 aromatic heterocycles. The molecule has 92 valence electrons. The Bertz CT molecular complexity index is 508. The highest BCUT2D eigenvalue weighted by atomic mass is 16.1. The van der Waals surface area contributed by atoms with Crippen LogP contribution in [0.3, 0.4) is 0 Å². The monoisotopic (exact) mass is 241 g/mol. The minimum absolute atomic E-state index is 0.135. The van der Waals surface area contributed by atoms with Crippen molar-refractivity contribution in [3.63, 3.8) is 0 Å². The first-order valence-corrected chi connectivity index (χ1v) is 5.80. The molecule has 1 heterocycles. The van der Waals surface area contributed by atoms with Gasteiger partial charge in [0, 0.05) is 23.6 Å². The lowest BCUT2D eigenvalue weighted by Crippen LogP contribution is -2.11. The highest BCUT2D eigenvalue weighted by Gasteiger charge is 2.04. The number of hydrogen-bond acceptors (Lipinski definition) is 3. The average molecular weight is 241 g/mol. The second kappa shape index (κ2) is 5.93. The van der Waals surface area contributed by atoms with Gasteiger partial charge in [-0.3, -0.25) is 9.78 Å². The van der Waals surface area contributed by atoms with E-state index in [4.69, 9.17) is 5.73 Å². The molecule has 1 amide bonds. The van der Waals surface area contributed by atoms with Crippen molar-refractivity contribution in [2.75, 3.05) is 11.9 Å². The zero-order chi connectivity index (χ0) is 12.8. The second-order valence-electron chi connectivity index (χ2n) is 3.93. The predicted octanol–water partition coefficient (Wildman–Crippen LogP) is 1.84. The van der Waals surface area contributed by atoms with E-state index < -0.39 is 0 Å². The third kappa shape index (κ3) is 3.15. The van der Waals surface area contributed by atoms with Gasteiger partial charge in [0.25, 0.3) is 5.91 Å². The number of hydrogen-bond donors (Lipinski definition) is 2. The number of pyridine rings is 1. The maximum Gasteiger partial charge on any atom is 0.255 e. The summed E-state index contributed by atoms with van der Waals surface area (Å²) in [5.41, 5.74) is 8.01. The molecule has 0 saturated heterocycles. The molecule has 0 atom stereocenters. The van der Waals surface area contributed by atoms with Gasteiger partial charge < -0.3 is 11.1 Å². The van der Waals surface area contributed by atoms with Crippen molar-refractivity contribution < 1.29 is 4.79 Å². The van der Waals surface area contributed by atoms with E-state index in [9.17, 15) is 4.79 Å². The smallest absolute Gasteiger partial charge is 0.255 e. The van der Waals surface area contributed by atoms with Gasteiger partial charge in [-0.1, -0.05) is 12.1 Å². The van der Waals surface area contributed by atoms with E-state index >= 15 is 0 Å². The Hall–Kier alpha value is -2.20. The number of nitrogens with zero attached hydrogens (tertiary/aromatic N) is 1. The Morgan fingerprint density at radius 1 is 1.11 bits per heavy atom. The topological polar surface area (TPSA) is 68.0 Å². The summed E-state index contributed by atoms with van der Waals surface area (Å²) in [6, 6.07) is 11.1. The lowest BCUT2D eigenvalue weighted by Gasteiger charge is -2.06. The number of carbonyl (C=O) groups is 1. The summed E-state index contributed by atoms with van der Waals surface area (Å²) in [7, 11) is 0. The third-order valence-electron chi connectivity index (χ3n) is 2.59. The molecule has 0 spiro atoms. The number of aromatic nitrogens is 1. The Morgan fingerprint density at radius 3 is 2.39 bits per heavy atom. The molecule has 0 aliphatic carbocycles. The molecule has 3 N–H and O–H groups in total. The van der Waals surface area contributed by atoms with E-state index in [1.54, 1.807) is 24.5 Å². The van der Waals surface area contributed by atoms with Crippen molar-refractivity contribution in [2.24, 2.45) is 5.73 Å². The molecule has 0 bridgehead atoms. The van der Waals surface area contributed by atoms with Crippen molar-refractivity contribution in [3.05, 3.63) is 59.9 Å². The predicted molar refractivity (Wildman–Crippen MR) is 71.4 cm³/mol. The minimum atomic E-state index is -0.135. The van der Waals surface area contributed by atoms with Crippen molar-refractivity contribution in [2.45, 2.75) is 6.42 Å². The fourth-order valence-electron chi connectivity index (χ4n) is 1.63. The second-order valence-corrected chi connectivity index (χ2v) is 3.93. The largest absolute Gasteiger partial charge is 0.330 e. The lowest BCUT2D eigenvalue weighted by molar-refractivity contribution is 0.102. The van der Waals surface area contributed by atoms with Gasteiger partial charge in [0.2, 0.25) is 0 Å². The number of nitrogens with one attached hydrogen (secondary N) is 1. The fourth-order valence-corrected chi connectivity index (χ4v) is 1.63. The SMILES string of the molecule is NCCc1ccc(NC(=O)c2ccncc2)cc1. The molecule has 0 unspecified atom stereocenters. The molecule has 0 saturated carbocycles. The van der Waals surface area contributed by atoms with Crippen LogP contribution in [0.4, 0.5) is 5.69 Å². The molecular formula is C14H15N3O. The summed E-state index contributed by atoms with van der Waals surface area (Å²) in [5, 5.41) is 2.83. The van der Waals surface area contributed by atoms with E-state index in [-0.39, 0.29) is 5.91 Å². The van der Waals surface area contributed by atoms with Crippen LogP contribution in [0.2, 0.25) is 0 Å². The summed E-state index contributed by atoms with van der Waals surface area (Å²) in [6.45, 7) is 0.628. The summed E-state index contributed by atoms with van der Waals surface area (Å²) in [5.74, 6) is -0.135. The summed E-state index contributed by atoms with van der Waals surface area (Å²) in [4.78, 5) is 15.7. The van der Waals surface area contributed by atoms with E-state index in [1.807, 2.05) is 24.3 Å². The van der Waals surface area contributed by atoms with Gasteiger partial charge in [0.15, 0.2) is 0 Å². The highest BCUT2D eigenvalue weighted by molar-refractivity contribution is 6.04. The molecule has 0 radical (unpaired) electrons. The van der Waals surface area contributed by atoms with E-state index in [2.05, 4.69) is 10.3 Å². The van der Waals surface area contributed by atoms with Crippen LogP contribution in [-0.4, -0.2) is 17.4 Å². The van der Waals surface area contributed by atoms with Crippen LogP contribution in [-0.2, 0) is 6.42 Å². The van der Waals surface area contributed by atoms with Crippen molar-refractivity contribution in [1.82, 2.24) is 4.98 Å². The minimum Gasteiger partial charge on any atom is -0.330 e. The molecule has 0 fully saturated rings. The molecule has 0 aliphatic heterocycles. The van der Waals surface area contributed by atoms with E-state index in [1.165, 1.54) is 5.56 Å². The van der Waals surface area contributed by atoms with Gasteiger partial charge >= 0.3 is 0 Å². The van der Waals surface area contributed by atoms with Crippen LogP contribution < -0.4 is 11.1 Å². The first kappa shape index (κ1) is 12.3. The maximum absolute atomic E-state index is 11.9. The summed E-state index contributed by atoms with van der Waals surface area (Å²) in [6.07, 6.45) is 4.04. The van der Waals surface area contributed by atoms with Gasteiger partial charge in [-0.15, -0.1) is 0 Å². The average Bonchev–Trinajstić information content (AvgIpc) is 2.42. The number of amides is 1. The van der Waals surface area contributed by atoms with Crippen molar-refractivity contribution in [1.29, 1.82) is 0 Å². The fraction of sp³-hybridized carbons (Fsp3) is 0.143. The van der Waals surface area contributed by atoms with Crippen LogP contribution in [0.1, 0.15) is 15.9 Å². The van der Waals surface area contributed by atoms with E-state index in [0.29, 0.717) is 12.1 Å². The summed E-state index contributed by atoms with van der Waals surface area (Å²) < 4.78 is 0. The van der Waals surface area contributed by atoms with Crippen molar-refractivity contribution in [3.8, 4) is 0 Å². The summed E-state index contributed by atoms with van der Waals surface area (Å²) >= 11 is 0. The number of rotatable bonds is 4. The van der Waals surface area contributed by atoms with E-state index in [0.717, 1.165) is 12.1 Å². The molecule has 4 heteroatoms. The van der Waals surface area contributed by atoms with Crippen LogP contribution in [0.15, 0.2) is 48.8 Å². The molecular weight excluding hydrogens is 226 g/mol. The number of nitrogens with two attached hydrogens (primary N) is 1. The Morgan fingerprint density at radius 2 is 1.78 bits per heavy atom.